The molecule has 5 rings (SSSR count). The van der Waals surface area contributed by atoms with Crippen LogP contribution in [0.1, 0.15) is 30.9 Å². The maximum absolute atomic E-state index is 12.9. The van der Waals surface area contributed by atoms with Crippen LogP contribution in [-0.4, -0.2) is 77.0 Å². The molecule has 0 N–H and O–H groups in total. The van der Waals surface area contributed by atoms with Crippen LogP contribution in [0.3, 0.4) is 0 Å². The molecule has 4 aliphatic rings. The maximum Gasteiger partial charge on any atom is 0.416 e. The summed E-state index contributed by atoms with van der Waals surface area (Å²) in [5.74, 6) is 2.94. The molecule has 1 aromatic rings. The first kappa shape index (κ1) is 26.6. The smallest absolute Gasteiger partial charge is 0.348 e. The topological polar surface area (TPSA) is 43.6 Å². The lowest BCUT2D eigenvalue weighted by Crippen LogP contribution is -2.29. The van der Waals surface area contributed by atoms with Crippen LogP contribution in [0.5, 0.6) is 0 Å². The zero-order valence-corrected chi connectivity index (χ0v) is 22.7. The summed E-state index contributed by atoms with van der Waals surface area (Å²) in [5, 5.41) is 9.37. The van der Waals surface area contributed by atoms with E-state index in [1.807, 2.05) is 23.7 Å². The van der Waals surface area contributed by atoms with Gasteiger partial charge in [-0.3, -0.25) is 4.99 Å². The number of benzene rings is 1. The Hall–Kier alpha value is -2.04. The maximum atomic E-state index is 12.9. The largest absolute Gasteiger partial charge is 0.416 e. The van der Waals surface area contributed by atoms with E-state index in [-0.39, 0.29) is 0 Å². The van der Waals surface area contributed by atoms with Crippen molar-refractivity contribution in [2.24, 2.45) is 26.5 Å². The molecule has 37 heavy (non-hydrogen) atoms. The molecular formula is C27H32F3N5S2. The van der Waals surface area contributed by atoms with Gasteiger partial charge in [-0.2, -0.15) is 18.3 Å². The number of aliphatic imine (C=N–C) groups is 1. The molecule has 2 aliphatic carbocycles. The van der Waals surface area contributed by atoms with Gasteiger partial charge in [0.1, 0.15) is 0 Å². The van der Waals surface area contributed by atoms with E-state index < -0.39 is 11.7 Å². The van der Waals surface area contributed by atoms with E-state index in [0.717, 1.165) is 43.3 Å². The molecule has 1 aromatic carbocycles. The number of likely N-dealkylation sites (tertiary alicyclic amines) is 1. The fraction of sp³-hybridized carbons (Fsp3) is 0.519. The van der Waals surface area contributed by atoms with E-state index in [4.69, 9.17) is 4.99 Å². The Labute approximate surface area is 225 Å². The number of halogens is 3. The van der Waals surface area contributed by atoms with Gasteiger partial charge in [-0.1, -0.05) is 30.4 Å². The quantitative estimate of drug-likeness (QED) is 0.129. The van der Waals surface area contributed by atoms with Gasteiger partial charge in [0.15, 0.2) is 5.84 Å². The predicted octanol–water partition coefficient (Wildman–Crippen LogP) is 5.80. The number of alkyl halides is 3. The van der Waals surface area contributed by atoms with Gasteiger partial charge >= 0.3 is 6.18 Å². The first-order valence-electron chi connectivity index (χ1n) is 12.5. The highest BCUT2D eigenvalue weighted by Gasteiger charge is 2.61. The van der Waals surface area contributed by atoms with Crippen LogP contribution in [0.4, 0.5) is 13.2 Å². The fourth-order valence-electron chi connectivity index (χ4n) is 5.72. The SMILES string of the molecule is C=N/N=C(/c1ccc(C(F)(F)F)cc1)N(C)CSCCCN1C[C@H]2C[C@@]2(C2=CC3N=C(C)SC3C=C2)C1. The van der Waals surface area contributed by atoms with Crippen molar-refractivity contribution in [3.63, 3.8) is 0 Å². The first-order valence-corrected chi connectivity index (χ1v) is 14.6. The average molecular weight is 548 g/mol. The Bertz CT molecular complexity index is 1140. The van der Waals surface area contributed by atoms with Crippen molar-refractivity contribution in [2.45, 2.75) is 37.2 Å². The average Bonchev–Trinajstić information content (AvgIpc) is 3.22. The third-order valence-electron chi connectivity index (χ3n) is 7.63. The van der Waals surface area contributed by atoms with E-state index in [0.29, 0.717) is 34.0 Å². The number of nitrogens with zero attached hydrogens (tertiary/aromatic N) is 5. The van der Waals surface area contributed by atoms with Crippen molar-refractivity contribution in [3.8, 4) is 0 Å². The van der Waals surface area contributed by atoms with Gasteiger partial charge in [-0.25, -0.2) is 0 Å². The van der Waals surface area contributed by atoms with Gasteiger partial charge < -0.3 is 9.80 Å². The first-order chi connectivity index (χ1) is 17.7. The summed E-state index contributed by atoms with van der Waals surface area (Å²) >= 11 is 3.66. The Balaban J connectivity index is 1.07. The molecule has 2 aliphatic heterocycles. The standard InChI is InChI=1S/C27H32F3N5S2/c1-18-32-23-13-21(9-10-24(23)37-18)26-14-22(26)15-35(16-26)11-4-12-36-17-34(3)25(33-31-2)19-5-7-20(8-6-19)27(28,29)30/h5-10,13,22-24H,2,4,11-12,14-17H2,1,3H3/b33-25-/t22-,23?,24?,26+/m1/s1. The summed E-state index contributed by atoms with van der Waals surface area (Å²) in [6.07, 6.45) is 5.18. The number of amidine groups is 1. The molecule has 2 unspecified atom stereocenters. The second-order valence-electron chi connectivity index (χ2n) is 10.2. The van der Waals surface area contributed by atoms with Gasteiger partial charge in [-0.15, -0.1) is 28.6 Å². The van der Waals surface area contributed by atoms with Crippen LogP contribution >= 0.6 is 23.5 Å². The molecule has 1 saturated carbocycles. The number of hydrogen-bond donors (Lipinski definition) is 0. The Morgan fingerprint density at radius 1 is 1.32 bits per heavy atom. The zero-order valence-electron chi connectivity index (χ0n) is 21.1. The molecule has 0 amide bonds. The summed E-state index contributed by atoms with van der Waals surface area (Å²) in [6.45, 7) is 8.92. The molecule has 4 atom stereocenters. The molecule has 0 spiro atoms. The van der Waals surface area contributed by atoms with Crippen molar-refractivity contribution in [2.75, 3.05) is 38.3 Å². The molecule has 0 aromatic heterocycles. The van der Waals surface area contributed by atoms with Crippen LogP contribution in [0, 0.1) is 11.3 Å². The van der Waals surface area contributed by atoms with Crippen LogP contribution < -0.4 is 0 Å². The van der Waals surface area contributed by atoms with Crippen LogP contribution in [0.25, 0.3) is 0 Å². The van der Waals surface area contributed by atoms with Crippen molar-refractivity contribution in [1.82, 2.24) is 9.80 Å². The van der Waals surface area contributed by atoms with Gasteiger partial charge in [0.05, 0.1) is 27.8 Å². The second-order valence-corrected chi connectivity index (χ2v) is 12.7. The Kier molecular flexibility index (Phi) is 7.62. The van der Waals surface area contributed by atoms with Crippen molar-refractivity contribution >= 4 is 41.1 Å². The number of hydrogen-bond acceptors (Lipinski definition) is 6. The second kappa shape index (κ2) is 10.6. The fourth-order valence-corrected chi connectivity index (χ4v) is 7.59. The van der Waals surface area contributed by atoms with Crippen molar-refractivity contribution in [1.29, 1.82) is 0 Å². The molecule has 0 bridgehead atoms. The summed E-state index contributed by atoms with van der Waals surface area (Å²) in [7, 11) is 1.87. The summed E-state index contributed by atoms with van der Waals surface area (Å²) in [5.41, 5.74) is 1.75. The van der Waals surface area contributed by atoms with E-state index in [2.05, 4.69) is 47.0 Å². The monoisotopic (exact) mass is 547 g/mol. The van der Waals surface area contributed by atoms with Crippen molar-refractivity contribution < 1.29 is 13.2 Å². The zero-order chi connectivity index (χ0) is 26.2. The number of piperidine rings is 1. The van der Waals surface area contributed by atoms with E-state index in [9.17, 15) is 13.2 Å². The van der Waals surface area contributed by atoms with E-state index in [1.165, 1.54) is 35.7 Å². The number of allylic oxidation sites excluding steroid dienone is 1. The van der Waals surface area contributed by atoms with Crippen LogP contribution in [0.15, 0.2) is 63.3 Å². The van der Waals surface area contributed by atoms with Gasteiger partial charge in [0.25, 0.3) is 0 Å². The number of fused-ring (bicyclic) bond motifs is 2. The summed E-state index contributed by atoms with van der Waals surface area (Å²) < 4.78 is 38.7. The normalized spacial score (nSPS) is 29.0. The highest BCUT2D eigenvalue weighted by atomic mass is 32.2. The Morgan fingerprint density at radius 2 is 2.11 bits per heavy atom. The Morgan fingerprint density at radius 3 is 2.84 bits per heavy atom. The minimum Gasteiger partial charge on any atom is -0.348 e. The lowest BCUT2D eigenvalue weighted by molar-refractivity contribution is -0.137. The summed E-state index contributed by atoms with van der Waals surface area (Å²) in [4.78, 5) is 9.32. The lowest BCUT2D eigenvalue weighted by Gasteiger charge is -2.25. The minimum atomic E-state index is -4.36. The highest BCUT2D eigenvalue weighted by molar-refractivity contribution is 8.14. The van der Waals surface area contributed by atoms with Gasteiger partial charge in [0, 0.05) is 37.8 Å². The molecule has 198 valence electrons. The number of thioether (sulfide) groups is 2. The third kappa shape index (κ3) is 5.71. The van der Waals surface area contributed by atoms with E-state index >= 15 is 0 Å². The minimum absolute atomic E-state index is 0.315. The number of rotatable bonds is 9. The molecule has 2 heterocycles. The van der Waals surface area contributed by atoms with Crippen LogP contribution in [0.2, 0.25) is 0 Å². The van der Waals surface area contributed by atoms with Gasteiger partial charge in [0.2, 0.25) is 0 Å². The molecule has 0 radical (unpaired) electrons. The third-order valence-corrected chi connectivity index (χ3v) is 9.93. The van der Waals surface area contributed by atoms with Crippen molar-refractivity contribution in [3.05, 3.63) is 59.2 Å². The lowest BCUT2D eigenvalue weighted by atomic mass is 9.88. The van der Waals surface area contributed by atoms with E-state index in [1.54, 1.807) is 11.8 Å². The molecule has 10 heteroatoms. The molecule has 2 fully saturated rings. The molecular weight excluding hydrogens is 515 g/mol. The molecule has 1 saturated heterocycles. The highest BCUT2D eigenvalue weighted by Crippen LogP contribution is 2.63. The summed E-state index contributed by atoms with van der Waals surface area (Å²) in [6, 6.07) is 5.31. The van der Waals surface area contributed by atoms with Crippen LogP contribution in [-0.2, 0) is 6.18 Å². The molecule has 5 nitrogen and oxygen atoms in total. The predicted molar refractivity (Wildman–Crippen MR) is 150 cm³/mol. The van der Waals surface area contributed by atoms with Gasteiger partial charge in [-0.05, 0) is 55.7 Å².